The molecular formula is C19H20N2O4. The predicted molar refractivity (Wildman–Crippen MR) is 91.8 cm³/mol. The van der Waals surface area contributed by atoms with Crippen molar-refractivity contribution in [1.29, 1.82) is 0 Å². The Kier molecular flexibility index (Phi) is 5.51. The van der Waals surface area contributed by atoms with Gasteiger partial charge in [-0.3, -0.25) is 4.90 Å². The zero-order chi connectivity index (χ0) is 17.5. The van der Waals surface area contributed by atoms with Crippen LogP contribution in [0.1, 0.15) is 11.1 Å². The average Bonchev–Trinajstić information content (AvgIpc) is 3.44. The lowest BCUT2D eigenvalue weighted by molar-refractivity contribution is 0.121. The van der Waals surface area contributed by atoms with Crippen molar-refractivity contribution < 1.29 is 19.1 Å². The molecule has 1 aliphatic heterocycles. The van der Waals surface area contributed by atoms with Crippen molar-refractivity contribution in [3.63, 3.8) is 0 Å². The van der Waals surface area contributed by atoms with Crippen molar-refractivity contribution in [2.24, 2.45) is 0 Å². The van der Waals surface area contributed by atoms with Gasteiger partial charge >= 0.3 is 12.2 Å². The van der Waals surface area contributed by atoms with Gasteiger partial charge in [-0.25, -0.2) is 9.59 Å². The maximum atomic E-state index is 11.9. The summed E-state index contributed by atoms with van der Waals surface area (Å²) in [5.74, 6) is 0. The van der Waals surface area contributed by atoms with Gasteiger partial charge in [0.1, 0.15) is 13.2 Å². The summed E-state index contributed by atoms with van der Waals surface area (Å²) < 4.78 is 10.4. The highest BCUT2D eigenvalue weighted by molar-refractivity contribution is 5.72. The highest BCUT2D eigenvalue weighted by atomic mass is 16.6. The van der Waals surface area contributed by atoms with Gasteiger partial charge in [0, 0.05) is 13.1 Å². The SMILES string of the molecule is O=C(NCC1CN1C(=O)OCc1ccccc1)OCc1ccccc1. The minimum absolute atomic E-state index is 0.0347. The lowest BCUT2D eigenvalue weighted by Gasteiger charge is -2.08. The Balaban J connectivity index is 1.31. The van der Waals surface area contributed by atoms with Crippen LogP contribution in [-0.2, 0) is 22.7 Å². The number of nitrogens with one attached hydrogen (secondary N) is 1. The zero-order valence-corrected chi connectivity index (χ0v) is 13.8. The number of benzene rings is 2. The third kappa shape index (κ3) is 5.24. The maximum absolute atomic E-state index is 11.9. The van der Waals surface area contributed by atoms with E-state index >= 15 is 0 Å². The van der Waals surface area contributed by atoms with Crippen LogP contribution in [0.25, 0.3) is 0 Å². The van der Waals surface area contributed by atoms with Crippen LogP contribution in [0.2, 0.25) is 0 Å². The van der Waals surface area contributed by atoms with E-state index in [1.54, 1.807) is 4.90 Å². The monoisotopic (exact) mass is 340 g/mol. The van der Waals surface area contributed by atoms with Crippen molar-refractivity contribution in [1.82, 2.24) is 10.2 Å². The summed E-state index contributed by atoms with van der Waals surface area (Å²) in [5.41, 5.74) is 1.87. The Hall–Kier alpha value is -3.02. The molecule has 0 spiro atoms. The molecule has 1 saturated heterocycles. The quantitative estimate of drug-likeness (QED) is 0.821. The fourth-order valence-corrected chi connectivity index (χ4v) is 2.36. The Morgan fingerprint density at radius 2 is 1.48 bits per heavy atom. The van der Waals surface area contributed by atoms with Crippen LogP contribution in [0.3, 0.4) is 0 Å². The summed E-state index contributed by atoms with van der Waals surface area (Å²) in [4.78, 5) is 25.1. The number of carbonyl (C=O) groups excluding carboxylic acids is 2. The first kappa shape index (κ1) is 16.8. The molecule has 6 heteroatoms. The third-order valence-corrected chi connectivity index (χ3v) is 3.85. The molecule has 3 rings (SSSR count). The van der Waals surface area contributed by atoms with E-state index in [0.717, 1.165) is 11.1 Å². The van der Waals surface area contributed by atoms with Gasteiger partial charge < -0.3 is 14.8 Å². The van der Waals surface area contributed by atoms with Crippen LogP contribution in [0.5, 0.6) is 0 Å². The zero-order valence-electron chi connectivity index (χ0n) is 13.8. The molecule has 1 fully saturated rings. The minimum Gasteiger partial charge on any atom is -0.445 e. The van der Waals surface area contributed by atoms with E-state index in [9.17, 15) is 9.59 Å². The molecule has 6 nitrogen and oxygen atoms in total. The first-order valence-electron chi connectivity index (χ1n) is 8.14. The molecule has 25 heavy (non-hydrogen) atoms. The number of carbonyl (C=O) groups is 2. The van der Waals surface area contributed by atoms with E-state index in [0.29, 0.717) is 13.1 Å². The lowest BCUT2D eigenvalue weighted by atomic mass is 10.2. The van der Waals surface area contributed by atoms with E-state index in [1.165, 1.54) is 0 Å². The fraction of sp³-hybridized carbons (Fsp3) is 0.263. The van der Waals surface area contributed by atoms with Crippen LogP contribution in [0.4, 0.5) is 9.59 Å². The summed E-state index contributed by atoms with van der Waals surface area (Å²) in [6.45, 7) is 1.40. The van der Waals surface area contributed by atoms with Crippen molar-refractivity contribution >= 4 is 12.2 Å². The molecule has 1 atom stereocenters. The van der Waals surface area contributed by atoms with Crippen molar-refractivity contribution in [2.75, 3.05) is 13.1 Å². The number of ether oxygens (including phenoxy) is 2. The molecule has 0 bridgehead atoms. The van der Waals surface area contributed by atoms with Gasteiger partial charge in [-0.1, -0.05) is 60.7 Å². The number of hydrogen-bond donors (Lipinski definition) is 1. The number of hydrogen-bond acceptors (Lipinski definition) is 4. The predicted octanol–water partition coefficient (Wildman–Crippen LogP) is 2.93. The molecule has 0 aliphatic carbocycles. The van der Waals surface area contributed by atoms with Gasteiger partial charge in [0.05, 0.1) is 6.04 Å². The van der Waals surface area contributed by atoms with Gasteiger partial charge in [0.2, 0.25) is 0 Å². The Labute approximate surface area is 146 Å². The molecule has 0 aromatic heterocycles. The van der Waals surface area contributed by atoms with Crippen LogP contribution < -0.4 is 5.32 Å². The van der Waals surface area contributed by atoms with E-state index < -0.39 is 6.09 Å². The Bertz CT molecular complexity index is 706. The van der Waals surface area contributed by atoms with Gasteiger partial charge in [-0.2, -0.15) is 0 Å². The molecule has 1 N–H and O–H groups in total. The number of rotatable bonds is 6. The summed E-state index contributed by atoms with van der Waals surface area (Å²) in [6, 6.07) is 18.9. The summed E-state index contributed by atoms with van der Waals surface area (Å²) in [6.07, 6.45) is -0.860. The van der Waals surface area contributed by atoms with Crippen molar-refractivity contribution in [3.05, 3.63) is 71.8 Å². The van der Waals surface area contributed by atoms with Crippen LogP contribution in [0.15, 0.2) is 60.7 Å². The molecule has 2 aromatic rings. The minimum atomic E-state index is -0.492. The second kappa shape index (κ2) is 8.19. The summed E-state index contributed by atoms with van der Waals surface area (Å²) in [5, 5.41) is 2.66. The van der Waals surface area contributed by atoms with E-state index in [1.807, 2.05) is 60.7 Å². The maximum Gasteiger partial charge on any atom is 0.410 e. The standard InChI is InChI=1S/C19H20N2O4/c22-18(24-13-15-7-3-1-4-8-15)20-11-17-12-21(17)19(23)25-14-16-9-5-2-6-10-16/h1-10,17H,11-14H2,(H,20,22). The second-order valence-electron chi connectivity index (χ2n) is 5.79. The highest BCUT2D eigenvalue weighted by Crippen LogP contribution is 2.18. The first-order valence-corrected chi connectivity index (χ1v) is 8.14. The second-order valence-corrected chi connectivity index (χ2v) is 5.79. The smallest absolute Gasteiger partial charge is 0.410 e. The van der Waals surface area contributed by atoms with Gasteiger partial charge in [-0.05, 0) is 11.1 Å². The lowest BCUT2D eigenvalue weighted by Crippen LogP contribution is -2.30. The van der Waals surface area contributed by atoms with Crippen LogP contribution in [-0.4, -0.2) is 36.2 Å². The van der Waals surface area contributed by atoms with E-state index in [4.69, 9.17) is 9.47 Å². The third-order valence-electron chi connectivity index (χ3n) is 3.85. The topological polar surface area (TPSA) is 67.6 Å². The van der Waals surface area contributed by atoms with Crippen LogP contribution >= 0.6 is 0 Å². The Morgan fingerprint density at radius 3 is 2.08 bits per heavy atom. The number of amides is 2. The van der Waals surface area contributed by atoms with Crippen LogP contribution in [0, 0.1) is 0 Å². The fourth-order valence-electron chi connectivity index (χ4n) is 2.36. The molecule has 0 saturated carbocycles. The summed E-state index contributed by atoms with van der Waals surface area (Å²) in [7, 11) is 0. The molecule has 130 valence electrons. The Morgan fingerprint density at radius 1 is 0.920 bits per heavy atom. The van der Waals surface area contributed by atoms with Gasteiger partial charge in [-0.15, -0.1) is 0 Å². The normalized spacial score (nSPS) is 15.4. The highest BCUT2D eigenvalue weighted by Gasteiger charge is 2.39. The molecule has 2 aromatic carbocycles. The molecule has 2 amide bonds. The number of alkyl carbamates (subject to hydrolysis) is 1. The molecule has 0 radical (unpaired) electrons. The largest absolute Gasteiger partial charge is 0.445 e. The molecular weight excluding hydrogens is 320 g/mol. The van der Waals surface area contributed by atoms with Gasteiger partial charge in [0.15, 0.2) is 0 Å². The van der Waals surface area contributed by atoms with Crippen molar-refractivity contribution in [3.8, 4) is 0 Å². The van der Waals surface area contributed by atoms with Gasteiger partial charge in [0.25, 0.3) is 0 Å². The average molecular weight is 340 g/mol. The molecule has 1 heterocycles. The first-order chi connectivity index (χ1) is 12.2. The molecule has 1 unspecified atom stereocenters. The number of nitrogens with zero attached hydrogens (tertiary/aromatic N) is 1. The van der Waals surface area contributed by atoms with E-state index in [-0.39, 0.29) is 25.3 Å². The summed E-state index contributed by atoms with van der Waals surface area (Å²) >= 11 is 0. The van der Waals surface area contributed by atoms with Crippen molar-refractivity contribution in [2.45, 2.75) is 19.3 Å². The van der Waals surface area contributed by atoms with E-state index in [2.05, 4.69) is 5.32 Å². The molecule has 1 aliphatic rings.